The molecule has 5 heteroatoms. The number of benzene rings is 1. The first kappa shape index (κ1) is 5.96. The molecule has 0 saturated heterocycles. The maximum atomic E-state index is 9.02. The molecule has 0 aliphatic heterocycles. The third-order valence-electron chi connectivity index (χ3n) is 1.45. The summed E-state index contributed by atoms with van der Waals surface area (Å²) in [5, 5.41) is 16.1. The quantitative estimate of drug-likeness (QED) is 0.417. The van der Waals surface area contributed by atoms with E-state index in [0.717, 1.165) is 0 Å². The smallest absolute Gasteiger partial charge is 0.132 e. The zero-order valence-corrected chi connectivity index (χ0v) is 5.60. The Morgan fingerprint density at radius 1 is 1.45 bits per heavy atom. The number of aromatic nitrogens is 3. The van der Waals surface area contributed by atoms with Crippen molar-refractivity contribution in [2.75, 3.05) is 5.73 Å². The fraction of sp³-hybridized carbons (Fsp3) is 0. The Hall–Kier alpha value is -1.78. The van der Waals surface area contributed by atoms with Gasteiger partial charge in [-0.15, -0.1) is 5.10 Å². The molecule has 0 radical (unpaired) electrons. The van der Waals surface area contributed by atoms with E-state index in [-0.39, 0.29) is 0 Å². The fourth-order valence-electron chi connectivity index (χ4n) is 0.924. The SMILES string of the molecule is Nc1ccc2nnn(O)c2c1. The van der Waals surface area contributed by atoms with Crippen molar-refractivity contribution in [2.45, 2.75) is 0 Å². The van der Waals surface area contributed by atoms with E-state index in [1.807, 2.05) is 0 Å². The van der Waals surface area contributed by atoms with Gasteiger partial charge in [-0.3, -0.25) is 0 Å². The van der Waals surface area contributed by atoms with Crippen molar-refractivity contribution < 1.29 is 5.21 Å². The molecule has 0 atom stereocenters. The van der Waals surface area contributed by atoms with Crippen molar-refractivity contribution in [1.29, 1.82) is 0 Å². The van der Waals surface area contributed by atoms with Crippen LogP contribution < -0.4 is 5.73 Å². The molecular formula is C6H6N4O. The minimum atomic E-state index is 0.519. The molecule has 0 aliphatic carbocycles. The molecule has 0 fully saturated rings. The average molecular weight is 150 g/mol. The van der Waals surface area contributed by atoms with Crippen LogP contribution in [0.4, 0.5) is 5.69 Å². The number of nitrogens with two attached hydrogens (primary N) is 1. The minimum Gasteiger partial charge on any atom is -0.410 e. The molecule has 11 heavy (non-hydrogen) atoms. The van der Waals surface area contributed by atoms with E-state index < -0.39 is 0 Å². The lowest BCUT2D eigenvalue weighted by Crippen LogP contribution is -1.92. The van der Waals surface area contributed by atoms with E-state index in [1.54, 1.807) is 18.2 Å². The highest BCUT2D eigenvalue weighted by Crippen LogP contribution is 2.12. The Morgan fingerprint density at radius 2 is 2.27 bits per heavy atom. The third-order valence-corrected chi connectivity index (χ3v) is 1.45. The predicted molar refractivity (Wildman–Crippen MR) is 39.1 cm³/mol. The molecule has 1 heterocycles. The number of rotatable bonds is 0. The summed E-state index contributed by atoms with van der Waals surface area (Å²) >= 11 is 0. The van der Waals surface area contributed by atoms with E-state index >= 15 is 0 Å². The number of nitrogen functional groups attached to an aromatic ring is 1. The Balaban J connectivity index is 2.87. The highest BCUT2D eigenvalue weighted by atomic mass is 16.5. The van der Waals surface area contributed by atoms with E-state index in [0.29, 0.717) is 21.6 Å². The van der Waals surface area contributed by atoms with Gasteiger partial charge in [0.2, 0.25) is 0 Å². The van der Waals surface area contributed by atoms with Gasteiger partial charge in [0.25, 0.3) is 0 Å². The molecule has 1 aromatic heterocycles. The van der Waals surface area contributed by atoms with Gasteiger partial charge in [-0.1, -0.05) is 4.85 Å². The average Bonchev–Trinajstić information content (AvgIpc) is 2.33. The zero-order valence-electron chi connectivity index (χ0n) is 5.60. The molecule has 5 nitrogen and oxygen atoms in total. The Kier molecular flexibility index (Phi) is 1.00. The van der Waals surface area contributed by atoms with Crippen LogP contribution in [0.25, 0.3) is 11.0 Å². The Morgan fingerprint density at radius 3 is 3.09 bits per heavy atom. The van der Waals surface area contributed by atoms with E-state index in [1.165, 1.54) is 0 Å². The number of hydrogen-bond donors (Lipinski definition) is 2. The van der Waals surface area contributed by atoms with E-state index in [4.69, 9.17) is 10.9 Å². The standard InChI is InChI=1S/C6H6N4O/c7-4-1-2-5-6(3-4)10(11)9-8-5/h1-3,11H,7H2. The van der Waals surface area contributed by atoms with Gasteiger partial charge in [-0.05, 0) is 23.4 Å². The minimum absolute atomic E-state index is 0.519. The van der Waals surface area contributed by atoms with Gasteiger partial charge in [-0.25, -0.2) is 0 Å². The third kappa shape index (κ3) is 0.778. The van der Waals surface area contributed by atoms with Crippen LogP contribution in [0.2, 0.25) is 0 Å². The molecular weight excluding hydrogens is 144 g/mol. The Bertz CT molecular complexity index is 394. The van der Waals surface area contributed by atoms with Crippen molar-refractivity contribution >= 4 is 16.7 Å². The maximum Gasteiger partial charge on any atom is 0.132 e. The summed E-state index contributed by atoms with van der Waals surface area (Å²) in [6.07, 6.45) is 0. The second-order valence-corrected chi connectivity index (χ2v) is 2.23. The largest absolute Gasteiger partial charge is 0.410 e. The van der Waals surface area contributed by atoms with Crippen LogP contribution in [0.1, 0.15) is 0 Å². The zero-order chi connectivity index (χ0) is 7.84. The first-order valence-electron chi connectivity index (χ1n) is 3.07. The fourth-order valence-corrected chi connectivity index (χ4v) is 0.924. The summed E-state index contributed by atoms with van der Waals surface area (Å²) in [4.78, 5) is 0.700. The van der Waals surface area contributed by atoms with E-state index in [2.05, 4.69) is 10.3 Å². The van der Waals surface area contributed by atoms with Crippen molar-refractivity contribution in [3.05, 3.63) is 18.2 Å². The van der Waals surface area contributed by atoms with Crippen molar-refractivity contribution in [3.63, 3.8) is 0 Å². The molecule has 0 aliphatic rings. The highest BCUT2D eigenvalue weighted by Gasteiger charge is 2.01. The van der Waals surface area contributed by atoms with Crippen LogP contribution in [0.15, 0.2) is 18.2 Å². The van der Waals surface area contributed by atoms with Gasteiger partial charge in [0, 0.05) is 5.69 Å². The van der Waals surface area contributed by atoms with Crippen molar-refractivity contribution in [2.24, 2.45) is 0 Å². The maximum absolute atomic E-state index is 9.02. The summed E-state index contributed by atoms with van der Waals surface area (Å²) in [5.74, 6) is 0. The number of hydrogen-bond acceptors (Lipinski definition) is 4. The molecule has 56 valence electrons. The monoisotopic (exact) mass is 150 g/mol. The molecule has 0 spiro atoms. The normalized spacial score (nSPS) is 10.5. The van der Waals surface area contributed by atoms with Gasteiger partial charge in [-0.2, -0.15) is 0 Å². The van der Waals surface area contributed by atoms with Gasteiger partial charge in [0.15, 0.2) is 0 Å². The van der Waals surface area contributed by atoms with Crippen LogP contribution in [0.3, 0.4) is 0 Å². The molecule has 0 unspecified atom stereocenters. The molecule has 0 bridgehead atoms. The van der Waals surface area contributed by atoms with Gasteiger partial charge in [0.05, 0.1) is 0 Å². The highest BCUT2D eigenvalue weighted by molar-refractivity contribution is 5.77. The summed E-state index contributed by atoms with van der Waals surface area (Å²) in [7, 11) is 0. The summed E-state index contributed by atoms with van der Waals surface area (Å²) in [6.45, 7) is 0. The number of fused-ring (bicyclic) bond motifs is 1. The second-order valence-electron chi connectivity index (χ2n) is 2.23. The number of nitrogens with zero attached hydrogens (tertiary/aromatic N) is 3. The Labute approximate surface area is 62.0 Å². The number of anilines is 1. The lowest BCUT2D eigenvalue weighted by molar-refractivity contribution is 0.155. The van der Waals surface area contributed by atoms with Crippen molar-refractivity contribution in [3.8, 4) is 0 Å². The summed E-state index contributed by atoms with van der Waals surface area (Å²) in [6, 6.07) is 5.01. The van der Waals surface area contributed by atoms with Gasteiger partial charge in [0.1, 0.15) is 11.0 Å². The molecule has 2 aromatic rings. The van der Waals surface area contributed by atoms with Gasteiger partial charge < -0.3 is 10.9 Å². The van der Waals surface area contributed by atoms with E-state index in [9.17, 15) is 0 Å². The molecule has 0 saturated carbocycles. The molecule has 2 rings (SSSR count). The molecule has 0 amide bonds. The van der Waals surface area contributed by atoms with Crippen LogP contribution >= 0.6 is 0 Å². The predicted octanol–water partition coefficient (Wildman–Crippen LogP) is 0.251. The topological polar surface area (TPSA) is 77.0 Å². The summed E-state index contributed by atoms with van der Waals surface area (Å²) < 4.78 is 0. The first-order chi connectivity index (χ1) is 5.27. The second kappa shape index (κ2) is 1.85. The summed E-state index contributed by atoms with van der Waals surface area (Å²) in [5.41, 5.74) is 7.20. The lowest BCUT2D eigenvalue weighted by atomic mass is 10.3. The van der Waals surface area contributed by atoms with Gasteiger partial charge >= 0.3 is 0 Å². The lowest BCUT2D eigenvalue weighted by Gasteiger charge is -1.91. The van der Waals surface area contributed by atoms with Crippen molar-refractivity contribution in [1.82, 2.24) is 15.2 Å². The van der Waals surface area contributed by atoms with Crippen LogP contribution in [0, 0.1) is 0 Å². The first-order valence-corrected chi connectivity index (χ1v) is 3.07. The van der Waals surface area contributed by atoms with Crippen LogP contribution in [0.5, 0.6) is 0 Å². The molecule has 1 aromatic carbocycles. The van der Waals surface area contributed by atoms with Crippen LogP contribution in [-0.4, -0.2) is 20.4 Å². The molecule has 3 N–H and O–H groups in total. The van der Waals surface area contributed by atoms with Crippen LogP contribution in [-0.2, 0) is 0 Å².